The second-order valence-corrected chi connectivity index (χ2v) is 4.82. The molecule has 0 heterocycles. The van der Waals surface area contributed by atoms with Crippen molar-refractivity contribution in [3.63, 3.8) is 0 Å². The van der Waals surface area contributed by atoms with Gasteiger partial charge in [-0.05, 0) is 5.56 Å². The maximum atomic E-state index is 12.0. The first kappa shape index (κ1) is 14.9. The Morgan fingerprint density at radius 2 is 2.11 bits per heavy atom. The molecule has 2 nitrogen and oxygen atoms in total. The largest absolute Gasteiger partial charge is 0.326 e. The molecule has 1 aromatic rings. The predicted octanol–water partition coefficient (Wildman–Crippen LogP) is 4.28. The minimum atomic E-state index is 0.0357. The van der Waals surface area contributed by atoms with Crippen molar-refractivity contribution in [1.29, 1.82) is 0 Å². The van der Waals surface area contributed by atoms with Gasteiger partial charge in [-0.15, -0.1) is 6.58 Å². The highest BCUT2D eigenvalue weighted by atomic mass is 35.5. The standard InChI is InChI=1S/C14H16ClNOS/c1-2-11-18-14(17)16(10-6-9-15)12-13-7-4-3-5-8-13/h2-9H,1,10-12H2. The first-order chi connectivity index (χ1) is 8.77. The lowest BCUT2D eigenvalue weighted by molar-refractivity contribution is 0.226. The minimum Gasteiger partial charge on any atom is -0.326 e. The quantitative estimate of drug-likeness (QED) is 0.726. The van der Waals surface area contributed by atoms with Crippen molar-refractivity contribution in [2.24, 2.45) is 0 Å². The van der Waals surface area contributed by atoms with Crippen LogP contribution in [0.25, 0.3) is 0 Å². The highest BCUT2D eigenvalue weighted by Crippen LogP contribution is 2.13. The third-order valence-electron chi connectivity index (χ3n) is 2.21. The second-order valence-electron chi connectivity index (χ2n) is 3.59. The molecule has 0 fully saturated rings. The van der Waals surface area contributed by atoms with Crippen LogP contribution < -0.4 is 0 Å². The van der Waals surface area contributed by atoms with Crippen LogP contribution in [0.2, 0.25) is 0 Å². The van der Waals surface area contributed by atoms with E-state index in [2.05, 4.69) is 6.58 Å². The van der Waals surface area contributed by atoms with Gasteiger partial charge in [0, 0.05) is 24.4 Å². The molecule has 0 aliphatic heterocycles. The lowest BCUT2D eigenvalue weighted by atomic mass is 10.2. The Hall–Kier alpha value is -1.19. The van der Waals surface area contributed by atoms with Gasteiger partial charge in [-0.1, -0.05) is 65.8 Å². The third kappa shape index (κ3) is 5.43. The zero-order chi connectivity index (χ0) is 13.2. The molecule has 1 rings (SSSR count). The number of benzene rings is 1. The van der Waals surface area contributed by atoms with Crippen LogP contribution in [-0.4, -0.2) is 22.4 Å². The van der Waals surface area contributed by atoms with Crippen molar-refractivity contribution >= 4 is 28.6 Å². The van der Waals surface area contributed by atoms with Gasteiger partial charge in [0.15, 0.2) is 0 Å². The first-order valence-electron chi connectivity index (χ1n) is 5.59. The molecule has 0 aliphatic rings. The average Bonchev–Trinajstić information content (AvgIpc) is 2.42. The van der Waals surface area contributed by atoms with Crippen LogP contribution >= 0.6 is 23.4 Å². The fourth-order valence-electron chi connectivity index (χ4n) is 1.40. The Morgan fingerprint density at radius 1 is 1.39 bits per heavy atom. The predicted molar refractivity (Wildman–Crippen MR) is 79.9 cm³/mol. The topological polar surface area (TPSA) is 20.3 Å². The van der Waals surface area contributed by atoms with E-state index < -0.39 is 0 Å². The minimum absolute atomic E-state index is 0.0357. The molecule has 1 amide bonds. The fourth-order valence-corrected chi connectivity index (χ4v) is 2.06. The van der Waals surface area contributed by atoms with Crippen LogP contribution in [0.15, 0.2) is 54.6 Å². The molecule has 0 aliphatic carbocycles. The van der Waals surface area contributed by atoms with Crippen molar-refractivity contribution in [2.75, 3.05) is 12.3 Å². The average molecular weight is 282 g/mol. The molecule has 0 atom stereocenters. The molecule has 1 aromatic carbocycles. The fraction of sp³-hybridized carbons (Fsp3) is 0.214. The van der Waals surface area contributed by atoms with E-state index in [-0.39, 0.29) is 5.24 Å². The zero-order valence-corrected chi connectivity index (χ0v) is 11.7. The van der Waals surface area contributed by atoms with Gasteiger partial charge >= 0.3 is 0 Å². The second kappa shape index (κ2) is 8.84. The summed E-state index contributed by atoms with van der Waals surface area (Å²) in [5, 5.41) is 0.0357. The van der Waals surface area contributed by atoms with E-state index in [0.29, 0.717) is 18.8 Å². The lowest BCUT2D eigenvalue weighted by Crippen LogP contribution is -2.27. The number of halogens is 1. The Balaban J connectivity index is 2.65. The summed E-state index contributed by atoms with van der Waals surface area (Å²) in [5.41, 5.74) is 2.54. The van der Waals surface area contributed by atoms with Crippen LogP contribution in [0.5, 0.6) is 0 Å². The molecule has 0 saturated heterocycles. The van der Waals surface area contributed by atoms with E-state index >= 15 is 0 Å². The summed E-state index contributed by atoms with van der Waals surface area (Å²) in [4.78, 5) is 13.7. The third-order valence-corrected chi connectivity index (χ3v) is 3.30. The Bertz CT molecular complexity index is 406. The maximum Gasteiger partial charge on any atom is 0.282 e. The van der Waals surface area contributed by atoms with Crippen molar-refractivity contribution in [3.05, 3.63) is 60.2 Å². The highest BCUT2D eigenvalue weighted by molar-refractivity contribution is 8.13. The maximum absolute atomic E-state index is 12.0. The van der Waals surface area contributed by atoms with Gasteiger partial charge in [-0.25, -0.2) is 0 Å². The van der Waals surface area contributed by atoms with Crippen molar-refractivity contribution in [1.82, 2.24) is 4.90 Å². The molecule has 0 aromatic heterocycles. The van der Waals surface area contributed by atoms with Gasteiger partial charge in [0.05, 0.1) is 0 Å². The zero-order valence-electron chi connectivity index (χ0n) is 10.1. The first-order valence-corrected chi connectivity index (χ1v) is 7.02. The SMILES string of the molecule is C=CCSC(=O)N(CC=CCl)Cc1ccccc1. The van der Waals surface area contributed by atoms with Crippen molar-refractivity contribution in [2.45, 2.75) is 6.54 Å². The summed E-state index contributed by atoms with van der Waals surface area (Å²) >= 11 is 6.76. The summed E-state index contributed by atoms with van der Waals surface area (Å²) in [7, 11) is 0. The van der Waals surface area contributed by atoms with Crippen LogP contribution in [0.4, 0.5) is 4.79 Å². The summed E-state index contributed by atoms with van der Waals surface area (Å²) in [5.74, 6) is 0.620. The number of thioether (sulfide) groups is 1. The number of carbonyl (C=O) groups excluding carboxylic acids is 1. The number of carbonyl (C=O) groups is 1. The van der Waals surface area contributed by atoms with Gasteiger partial charge in [-0.2, -0.15) is 0 Å². The van der Waals surface area contributed by atoms with Gasteiger partial charge in [0.25, 0.3) is 5.24 Å². The van der Waals surface area contributed by atoms with Crippen molar-refractivity contribution in [3.8, 4) is 0 Å². The molecule has 0 N–H and O–H groups in total. The van der Waals surface area contributed by atoms with E-state index in [4.69, 9.17) is 11.6 Å². The summed E-state index contributed by atoms with van der Waals surface area (Å²) in [6, 6.07) is 9.89. The summed E-state index contributed by atoms with van der Waals surface area (Å²) < 4.78 is 0. The number of hydrogen-bond donors (Lipinski definition) is 0. The molecule has 0 spiro atoms. The van der Waals surface area contributed by atoms with Gasteiger partial charge in [-0.3, -0.25) is 4.79 Å². The highest BCUT2D eigenvalue weighted by Gasteiger charge is 2.12. The van der Waals surface area contributed by atoms with E-state index in [1.54, 1.807) is 17.1 Å². The summed E-state index contributed by atoms with van der Waals surface area (Å²) in [6.07, 6.45) is 3.48. The Morgan fingerprint density at radius 3 is 2.72 bits per heavy atom. The van der Waals surface area contributed by atoms with Crippen LogP contribution in [0.3, 0.4) is 0 Å². The van der Waals surface area contributed by atoms with Crippen LogP contribution in [0, 0.1) is 0 Å². The number of nitrogens with zero attached hydrogens (tertiary/aromatic N) is 1. The van der Waals surface area contributed by atoms with Gasteiger partial charge in [0.2, 0.25) is 0 Å². The Labute approximate surface area is 117 Å². The van der Waals surface area contributed by atoms with Crippen LogP contribution in [-0.2, 0) is 6.54 Å². The van der Waals surface area contributed by atoms with E-state index in [9.17, 15) is 4.79 Å². The number of rotatable bonds is 6. The molecule has 4 heteroatoms. The molecule has 18 heavy (non-hydrogen) atoms. The van der Waals surface area contributed by atoms with Crippen LogP contribution in [0.1, 0.15) is 5.56 Å². The Kier molecular flexibility index (Phi) is 7.30. The molecular weight excluding hydrogens is 266 g/mol. The lowest BCUT2D eigenvalue weighted by Gasteiger charge is -2.20. The number of hydrogen-bond acceptors (Lipinski definition) is 2. The molecule has 0 bridgehead atoms. The van der Waals surface area contributed by atoms with E-state index in [0.717, 1.165) is 5.56 Å². The molecule has 0 radical (unpaired) electrons. The van der Waals surface area contributed by atoms with Crippen molar-refractivity contribution < 1.29 is 4.79 Å². The smallest absolute Gasteiger partial charge is 0.282 e. The van der Waals surface area contributed by atoms with E-state index in [1.807, 2.05) is 30.3 Å². The molecule has 96 valence electrons. The number of amides is 1. The van der Waals surface area contributed by atoms with Gasteiger partial charge in [0.1, 0.15) is 0 Å². The van der Waals surface area contributed by atoms with Gasteiger partial charge < -0.3 is 4.90 Å². The summed E-state index contributed by atoms with van der Waals surface area (Å²) in [6.45, 7) is 4.72. The monoisotopic (exact) mass is 281 g/mol. The molecule has 0 saturated carbocycles. The molecular formula is C14H16ClNOS. The molecule has 0 unspecified atom stereocenters. The normalized spacial score (nSPS) is 10.5. The van der Waals surface area contributed by atoms with E-state index in [1.165, 1.54) is 17.3 Å².